The summed E-state index contributed by atoms with van der Waals surface area (Å²) < 4.78 is 5.16. The molecule has 3 rings (SSSR count). The van der Waals surface area contributed by atoms with E-state index in [9.17, 15) is 19.5 Å². The molecule has 7 heteroatoms. The minimum absolute atomic E-state index is 0.0536. The van der Waals surface area contributed by atoms with Gasteiger partial charge in [0.25, 0.3) is 0 Å². The van der Waals surface area contributed by atoms with E-state index in [1.807, 2.05) is 12.2 Å². The third-order valence-corrected chi connectivity index (χ3v) is 5.34. The summed E-state index contributed by atoms with van der Waals surface area (Å²) in [6.07, 6.45) is 4.26. The van der Waals surface area contributed by atoms with Gasteiger partial charge in [-0.15, -0.1) is 11.3 Å². The number of anilines is 1. The molecule has 2 aliphatic rings. The van der Waals surface area contributed by atoms with Crippen LogP contribution in [0.25, 0.3) is 0 Å². The molecule has 0 unspecified atom stereocenters. The maximum atomic E-state index is 12.7. The second-order valence-corrected chi connectivity index (χ2v) is 7.36. The van der Waals surface area contributed by atoms with Gasteiger partial charge in [0, 0.05) is 0 Å². The number of thiophene rings is 1. The van der Waals surface area contributed by atoms with E-state index in [1.165, 1.54) is 11.3 Å². The molecular formula is C17H19NO5S. The number of aliphatic carboxylic acids is 1. The van der Waals surface area contributed by atoms with E-state index in [-0.39, 0.29) is 23.8 Å². The zero-order valence-electron chi connectivity index (χ0n) is 13.4. The highest BCUT2D eigenvalue weighted by Crippen LogP contribution is 2.48. The Kier molecular flexibility index (Phi) is 4.45. The zero-order valence-corrected chi connectivity index (χ0v) is 14.2. The molecule has 0 spiro atoms. The average Bonchev–Trinajstić information content (AvgIpc) is 3.20. The standard InChI is InChI=1S/C17H19NO5S/c1-8(2)23-17(22)11-5-6-24-15(11)18-14(19)12-9-3-4-10(7-9)13(12)16(20)21/h3-6,8-10,12-13H,7H2,1-2H3,(H,18,19)(H,20,21)/t9-,10-,12-,13+/m0/s1. The lowest BCUT2D eigenvalue weighted by Crippen LogP contribution is -2.36. The van der Waals surface area contributed by atoms with Crippen LogP contribution in [0.1, 0.15) is 30.6 Å². The number of nitrogens with one attached hydrogen (secondary N) is 1. The Bertz CT molecular complexity index is 708. The van der Waals surface area contributed by atoms with E-state index in [0.29, 0.717) is 17.0 Å². The summed E-state index contributed by atoms with van der Waals surface area (Å²) in [6, 6.07) is 1.60. The molecule has 0 aliphatic heterocycles. The molecule has 1 amide bonds. The number of carbonyl (C=O) groups is 3. The lowest BCUT2D eigenvalue weighted by molar-refractivity contribution is -0.146. The molecule has 4 atom stereocenters. The number of hydrogen-bond acceptors (Lipinski definition) is 5. The molecule has 1 saturated carbocycles. The van der Waals surface area contributed by atoms with Crippen LogP contribution in [-0.4, -0.2) is 29.1 Å². The Morgan fingerprint density at radius 3 is 2.54 bits per heavy atom. The second kappa shape index (κ2) is 6.39. The van der Waals surface area contributed by atoms with Crippen LogP contribution in [0.5, 0.6) is 0 Å². The topological polar surface area (TPSA) is 92.7 Å². The summed E-state index contributed by atoms with van der Waals surface area (Å²) >= 11 is 1.22. The highest BCUT2D eigenvalue weighted by molar-refractivity contribution is 7.14. The average molecular weight is 349 g/mol. The van der Waals surface area contributed by atoms with E-state index in [0.717, 1.165) is 0 Å². The van der Waals surface area contributed by atoms with Gasteiger partial charge in [-0.1, -0.05) is 12.2 Å². The Morgan fingerprint density at radius 2 is 1.92 bits per heavy atom. The van der Waals surface area contributed by atoms with E-state index in [4.69, 9.17) is 4.74 Å². The van der Waals surface area contributed by atoms with Gasteiger partial charge in [-0.25, -0.2) is 4.79 Å². The lowest BCUT2D eigenvalue weighted by atomic mass is 9.82. The molecule has 2 bridgehead atoms. The molecule has 1 aromatic rings. The van der Waals surface area contributed by atoms with Crippen LogP contribution in [0.2, 0.25) is 0 Å². The van der Waals surface area contributed by atoms with Gasteiger partial charge in [0.1, 0.15) is 5.00 Å². The molecule has 24 heavy (non-hydrogen) atoms. The highest BCUT2D eigenvalue weighted by Gasteiger charge is 2.51. The summed E-state index contributed by atoms with van der Waals surface area (Å²) in [4.78, 5) is 36.2. The Morgan fingerprint density at radius 1 is 1.25 bits per heavy atom. The number of amides is 1. The van der Waals surface area contributed by atoms with Crippen molar-refractivity contribution in [3.05, 3.63) is 29.2 Å². The van der Waals surface area contributed by atoms with Crippen molar-refractivity contribution in [2.75, 3.05) is 5.32 Å². The van der Waals surface area contributed by atoms with Crippen molar-refractivity contribution in [3.8, 4) is 0 Å². The molecule has 6 nitrogen and oxygen atoms in total. The van der Waals surface area contributed by atoms with Crippen molar-refractivity contribution in [1.29, 1.82) is 0 Å². The largest absolute Gasteiger partial charge is 0.481 e. The fourth-order valence-electron chi connectivity index (χ4n) is 3.56. The van der Waals surface area contributed by atoms with Crippen LogP contribution in [0.4, 0.5) is 5.00 Å². The number of ether oxygens (including phenoxy) is 1. The first-order valence-corrected chi connectivity index (χ1v) is 8.77. The predicted molar refractivity (Wildman–Crippen MR) is 88.9 cm³/mol. The fraction of sp³-hybridized carbons (Fsp3) is 0.471. The highest BCUT2D eigenvalue weighted by atomic mass is 32.1. The molecule has 1 aromatic heterocycles. The molecule has 128 valence electrons. The molecule has 1 heterocycles. The van der Waals surface area contributed by atoms with Crippen molar-refractivity contribution < 1.29 is 24.2 Å². The van der Waals surface area contributed by atoms with Crippen LogP contribution in [0.3, 0.4) is 0 Å². The lowest BCUT2D eigenvalue weighted by Gasteiger charge is -2.23. The number of carbonyl (C=O) groups excluding carboxylic acids is 2. The Hall–Kier alpha value is -2.15. The first kappa shape index (κ1) is 16.7. The van der Waals surface area contributed by atoms with Crippen molar-refractivity contribution in [3.63, 3.8) is 0 Å². The monoisotopic (exact) mass is 349 g/mol. The third kappa shape index (κ3) is 2.96. The fourth-order valence-corrected chi connectivity index (χ4v) is 4.33. The van der Waals surface area contributed by atoms with E-state index in [2.05, 4.69) is 5.32 Å². The third-order valence-electron chi connectivity index (χ3n) is 4.51. The van der Waals surface area contributed by atoms with Gasteiger partial charge in [0.05, 0.1) is 23.5 Å². The predicted octanol–water partition coefficient (Wildman–Crippen LogP) is 2.77. The number of fused-ring (bicyclic) bond motifs is 2. The molecule has 2 aliphatic carbocycles. The maximum Gasteiger partial charge on any atom is 0.341 e. The van der Waals surface area contributed by atoms with Crippen molar-refractivity contribution in [2.24, 2.45) is 23.7 Å². The number of carboxylic acid groups (broad SMARTS) is 1. The van der Waals surface area contributed by atoms with Gasteiger partial charge in [-0.2, -0.15) is 0 Å². The molecule has 0 aromatic carbocycles. The van der Waals surface area contributed by atoms with Crippen LogP contribution in [0.15, 0.2) is 23.6 Å². The molecule has 0 radical (unpaired) electrons. The van der Waals surface area contributed by atoms with Gasteiger partial charge in [-0.05, 0) is 43.6 Å². The summed E-state index contributed by atoms with van der Waals surface area (Å²) in [7, 11) is 0. The molecule has 1 fully saturated rings. The second-order valence-electron chi connectivity index (χ2n) is 6.44. The van der Waals surface area contributed by atoms with Crippen LogP contribution < -0.4 is 5.32 Å². The zero-order chi connectivity index (χ0) is 17.4. The summed E-state index contributed by atoms with van der Waals surface area (Å²) in [5.74, 6) is -3.24. The first-order valence-electron chi connectivity index (χ1n) is 7.89. The van der Waals surface area contributed by atoms with E-state index in [1.54, 1.807) is 25.3 Å². The molecule has 2 N–H and O–H groups in total. The smallest absolute Gasteiger partial charge is 0.341 e. The summed E-state index contributed by atoms with van der Waals surface area (Å²) in [6.45, 7) is 3.50. The van der Waals surface area contributed by atoms with E-state index >= 15 is 0 Å². The summed E-state index contributed by atoms with van der Waals surface area (Å²) in [5.41, 5.74) is 0.299. The minimum atomic E-state index is -0.947. The van der Waals surface area contributed by atoms with Crippen LogP contribution in [-0.2, 0) is 14.3 Å². The Balaban J connectivity index is 1.76. The SMILES string of the molecule is CC(C)OC(=O)c1ccsc1NC(=O)[C@@H]1[C@H](C(=O)O)[C@H]2C=C[C@H]1C2. The maximum absolute atomic E-state index is 12.7. The quantitative estimate of drug-likeness (QED) is 0.630. The number of carboxylic acids is 1. The van der Waals surface area contributed by atoms with Gasteiger partial charge in [0.2, 0.25) is 5.91 Å². The van der Waals surface area contributed by atoms with Crippen molar-refractivity contribution >= 4 is 34.2 Å². The first-order chi connectivity index (χ1) is 11.4. The van der Waals surface area contributed by atoms with Gasteiger partial charge in [-0.3, -0.25) is 9.59 Å². The van der Waals surface area contributed by atoms with Crippen LogP contribution in [0, 0.1) is 23.7 Å². The summed E-state index contributed by atoms with van der Waals surface area (Å²) in [5, 5.41) is 14.3. The van der Waals surface area contributed by atoms with Crippen molar-refractivity contribution in [1.82, 2.24) is 0 Å². The number of rotatable bonds is 5. The number of hydrogen-bond donors (Lipinski definition) is 2. The van der Waals surface area contributed by atoms with Gasteiger partial charge in [0.15, 0.2) is 0 Å². The molecular weight excluding hydrogens is 330 g/mol. The molecule has 0 saturated heterocycles. The van der Waals surface area contributed by atoms with Crippen molar-refractivity contribution in [2.45, 2.75) is 26.4 Å². The van der Waals surface area contributed by atoms with Crippen LogP contribution >= 0.6 is 11.3 Å². The number of esters is 1. The van der Waals surface area contributed by atoms with Gasteiger partial charge >= 0.3 is 11.9 Å². The van der Waals surface area contributed by atoms with E-state index < -0.39 is 23.8 Å². The number of allylic oxidation sites excluding steroid dienone is 2. The Labute approximate surface area is 143 Å². The van der Waals surface area contributed by atoms with Gasteiger partial charge < -0.3 is 15.2 Å². The normalized spacial score (nSPS) is 27.5. The minimum Gasteiger partial charge on any atom is -0.481 e.